The van der Waals surface area contributed by atoms with Gasteiger partial charge >= 0.3 is 0 Å². The first-order valence-electron chi connectivity index (χ1n) is 21.1. The molecule has 4 aromatic heterocycles. The Morgan fingerprint density at radius 2 is 1.62 bits per heavy atom. The molecular weight excluding hydrogens is 755 g/mol. The molecular formula is C42H39IrN3O-2. The number of furan rings is 1. The van der Waals surface area contributed by atoms with Crippen LogP contribution < -0.4 is 0 Å². The first kappa shape index (κ1) is 20.7. The Hall–Kier alpha value is -4.44. The van der Waals surface area contributed by atoms with Gasteiger partial charge in [-0.05, 0) is 90.1 Å². The largest absolute Gasteiger partial charge is 0.486 e. The molecule has 3 aromatic carbocycles. The number of aromatic nitrogens is 3. The van der Waals surface area contributed by atoms with Crippen molar-refractivity contribution in [2.75, 3.05) is 0 Å². The second-order valence-electron chi connectivity index (χ2n) is 11.6. The number of hydrogen-bond acceptors (Lipinski definition) is 4. The monoisotopic (exact) mass is 807 g/mol. The van der Waals surface area contributed by atoms with E-state index in [4.69, 9.17) is 22.2 Å². The summed E-state index contributed by atoms with van der Waals surface area (Å²) in [6.45, 7) is -1.85. The predicted molar refractivity (Wildman–Crippen MR) is 189 cm³/mol. The summed E-state index contributed by atoms with van der Waals surface area (Å²) in [5, 5.41) is 1.19. The molecule has 5 heteroatoms. The molecule has 0 N–H and O–H groups in total. The normalized spacial score (nSPS) is 16.7. The quantitative estimate of drug-likeness (QED) is 0.163. The van der Waals surface area contributed by atoms with Gasteiger partial charge in [0.05, 0.1) is 5.58 Å². The Balaban J connectivity index is 0.000000336. The Kier molecular flexibility index (Phi) is 6.41. The van der Waals surface area contributed by atoms with Gasteiger partial charge in [0, 0.05) is 61.4 Å². The van der Waals surface area contributed by atoms with Crippen molar-refractivity contribution in [1.29, 1.82) is 0 Å². The molecule has 0 aliphatic heterocycles. The minimum atomic E-state index is -2.68. The number of benzene rings is 3. The summed E-state index contributed by atoms with van der Waals surface area (Å²) in [5.41, 5.74) is 2.08. The maximum absolute atomic E-state index is 9.07. The Morgan fingerprint density at radius 3 is 2.32 bits per heavy atom. The number of aryl methyl sites for hydroxylation is 3. The topological polar surface area (TPSA) is 51.8 Å². The fourth-order valence-electron chi connectivity index (χ4n) is 4.84. The van der Waals surface area contributed by atoms with Crippen LogP contribution in [0.2, 0.25) is 0 Å². The van der Waals surface area contributed by atoms with Gasteiger partial charge in [0.2, 0.25) is 5.71 Å². The van der Waals surface area contributed by atoms with Gasteiger partial charge in [-0.3, -0.25) is 0 Å². The summed E-state index contributed by atoms with van der Waals surface area (Å²) < 4.78 is 110. The van der Waals surface area contributed by atoms with E-state index in [2.05, 4.69) is 27.1 Å². The molecule has 0 aliphatic carbocycles. The minimum Gasteiger partial charge on any atom is -0.486 e. The minimum absolute atomic E-state index is 0. The van der Waals surface area contributed by atoms with Crippen molar-refractivity contribution in [1.82, 2.24) is 15.0 Å². The second-order valence-corrected chi connectivity index (χ2v) is 11.6. The Bertz CT molecular complexity index is 2600. The third-order valence-electron chi connectivity index (χ3n) is 6.89. The molecule has 7 aromatic rings. The van der Waals surface area contributed by atoms with Crippen LogP contribution in [0.25, 0.3) is 44.6 Å². The molecule has 47 heavy (non-hydrogen) atoms. The molecule has 4 nitrogen and oxygen atoms in total. The SMILES string of the molecule is [2H]C([2H])([2H])c1ccc(-c2[c-]cccc2)nc1.[2H]C([2H])([2H])c1ccc2c(n1)oc1c(-c3cc(C([2H])([2H])c4ccc(C([2H])([2H])C(C)(C)C)cc4)c(C([2H])([2H])[2H])cn3)[c-]ccc12.[Ir]. The van der Waals surface area contributed by atoms with Gasteiger partial charge < -0.3 is 14.4 Å². The van der Waals surface area contributed by atoms with Crippen molar-refractivity contribution in [3.63, 3.8) is 0 Å². The van der Waals surface area contributed by atoms with E-state index in [1.807, 2.05) is 18.2 Å². The van der Waals surface area contributed by atoms with E-state index < -0.39 is 38.7 Å². The van der Waals surface area contributed by atoms with Gasteiger partial charge in [0.25, 0.3) is 0 Å². The number of rotatable bonds is 5. The van der Waals surface area contributed by atoms with Crippen LogP contribution in [0.15, 0.2) is 108 Å². The van der Waals surface area contributed by atoms with Gasteiger partial charge in [-0.2, -0.15) is 0 Å². The molecule has 0 unspecified atom stereocenters. The van der Waals surface area contributed by atoms with Crippen LogP contribution in [0.5, 0.6) is 0 Å². The zero-order valence-corrected chi connectivity index (χ0v) is 28.3. The molecule has 0 saturated carbocycles. The third kappa shape index (κ3) is 8.29. The number of nitrogens with zero attached hydrogens (tertiary/aromatic N) is 3. The zero-order chi connectivity index (χ0) is 43.3. The van der Waals surface area contributed by atoms with E-state index in [1.54, 1.807) is 57.2 Å². The van der Waals surface area contributed by atoms with E-state index in [0.29, 0.717) is 27.5 Å². The van der Waals surface area contributed by atoms with E-state index in [9.17, 15) is 0 Å². The standard InChI is InChI=1S/C30H29N2O.C12H10N.Ir/c1-19-18-31-27(16-23(19)15-21-10-12-22(13-11-21)17-30(3,4)5)26-8-6-7-24-25-14-9-20(2)32-29(25)33-28(24)26;1-10-7-8-12(13-9-10)11-5-3-2-4-6-11;/h6-7,9-14,16,18H,15,17H2,1-5H3;2-5,7-9H,1H3;/q2*-1;/i1D3,2D3,15D2,17D2;1D3;. The molecule has 0 atom stereocenters. The smallest absolute Gasteiger partial charge is 0.216 e. The molecule has 0 bridgehead atoms. The van der Waals surface area contributed by atoms with Crippen LogP contribution in [0.3, 0.4) is 0 Å². The second kappa shape index (κ2) is 14.5. The van der Waals surface area contributed by atoms with Crippen molar-refractivity contribution in [2.24, 2.45) is 5.41 Å². The first-order valence-corrected chi connectivity index (χ1v) is 14.6. The average Bonchev–Trinajstić information content (AvgIpc) is 3.55. The van der Waals surface area contributed by atoms with Crippen molar-refractivity contribution >= 4 is 22.1 Å². The van der Waals surface area contributed by atoms with Crippen molar-refractivity contribution in [3.05, 3.63) is 149 Å². The summed E-state index contributed by atoms with van der Waals surface area (Å²) in [6.07, 6.45) is -1.47. The van der Waals surface area contributed by atoms with E-state index >= 15 is 0 Å². The predicted octanol–water partition coefficient (Wildman–Crippen LogP) is 10.5. The van der Waals surface area contributed by atoms with Crippen LogP contribution >= 0.6 is 0 Å². The molecule has 0 fully saturated rings. The van der Waals surface area contributed by atoms with Gasteiger partial charge in [0.15, 0.2) is 0 Å². The molecule has 0 aliphatic rings. The van der Waals surface area contributed by atoms with Crippen LogP contribution in [0.1, 0.15) is 72.1 Å². The molecule has 7 rings (SSSR count). The van der Waals surface area contributed by atoms with Crippen LogP contribution in [-0.4, -0.2) is 15.0 Å². The molecule has 0 amide bonds. The summed E-state index contributed by atoms with van der Waals surface area (Å²) in [6, 6.07) is 30.6. The molecule has 0 spiro atoms. The summed E-state index contributed by atoms with van der Waals surface area (Å²) in [4.78, 5) is 12.7. The van der Waals surface area contributed by atoms with Gasteiger partial charge in [0.1, 0.15) is 0 Å². The zero-order valence-electron chi connectivity index (χ0n) is 38.9. The van der Waals surface area contributed by atoms with Gasteiger partial charge in [-0.25, -0.2) is 4.98 Å². The van der Waals surface area contributed by atoms with Gasteiger partial charge in [-0.1, -0.05) is 74.2 Å². The molecule has 239 valence electrons. The summed E-state index contributed by atoms with van der Waals surface area (Å²) in [5.74, 6) is 0. The first-order chi connectivity index (χ1) is 27.3. The number of fused-ring (bicyclic) bond motifs is 3. The fourth-order valence-corrected chi connectivity index (χ4v) is 4.84. The van der Waals surface area contributed by atoms with Crippen LogP contribution in [0.4, 0.5) is 0 Å². The number of pyridine rings is 3. The Labute approximate surface area is 310 Å². The van der Waals surface area contributed by atoms with Crippen molar-refractivity contribution < 1.29 is 42.3 Å². The Morgan fingerprint density at radius 1 is 0.787 bits per heavy atom. The maximum atomic E-state index is 9.07. The van der Waals surface area contributed by atoms with E-state index in [1.165, 1.54) is 42.6 Å². The maximum Gasteiger partial charge on any atom is 0.216 e. The van der Waals surface area contributed by atoms with Gasteiger partial charge in [-0.15, -0.1) is 54.1 Å². The molecule has 4 heterocycles. The van der Waals surface area contributed by atoms with Crippen LogP contribution in [-0.2, 0) is 32.9 Å². The molecule has 0 saturated heterocycles. The number of hydrogen-bond donors (Lipinski definition) is 0. The summed E-state index contributed by atoms with van der Waals surface area (Å²) >= 11 is 0. The summed E-state index contributed by atoms with van der Waals surface area (Å²) in [7, 11) is 0. The molecule has 1 radical (unpaired) electrons. The average molecular weight is 807 g/mol. The third-order valence-corrected chi connectivity index (χ3v) is 6.89. The van der Waals surface area contributed by atoms with Crippen molar-refractivity contribution in [2.45, 2.75) is 54.1 Å². The van der Waals surface area contributed by atoms with E-state index in [-0.39, 0.29) is 59.5 Å². The van der Waals surface area contributed by atoms with Crippen molar-refractivity contribution in [3.8, 4) is 22.5 Å². The van der Waals surface area contributed by atoms with Crippen LogP contribution in [0, 0.1) is 38.1 Å². The fraction of sp³-hybridized carbons (Fsp3) is 0.214. The van der Waals surface area contributed by atoms with E-state index in [0.717, 1.165) is 17.5 Å².